The molecule has 0 atom stereocenters. The van der Waals surface area contributed by atoms with Gasteiger partial charge in [0.2, 0.25) is 0 Å². The van der Waals surface area contributed by atoms with Gasteiger partial charge in [0, 0.05) is 19.5 Å². The maximum absolute atomic E-state index is 11.8. The second kappa shape index (κ2) is 23.1. The van der Waals surface area contributed by atoms with E-state index in [1.807, 2.05) is 6.07 Å². The van der Waals surface area contributed by atoms with Crippen LogP contribution in [0.4, 0.5) is 0 Å². The van der Waals surface area contributed by atoms with Gasteiger partial charge in [-0.15, -0.1) is 0 Å². The van der Waals surface area contributed by atoms with Gasteiger partial charge in [-0.05, 0) is 44.7 Å². The summed E-state index contributed by atoms with van der Waals surface area (Å²) in [6.45, 7) is 5.51. The zero-order chi connectivity index (χ0) is 24.5. The number of esters is 1. The van der Waals surface area contributed by atoms with E-state index in [1.54, 1.807) is 0 Å². The van der Waals surface area contributed by atoms with E-state index in [2.05, 4.69) is 55.3 Å². The van der Waals surface area contributed by atoms with Crippen molar-refractivity contribution in [3.63, 3.8) is 0 Å². The molecule has 194 valence electrons. The first-order chi connectivity index (χ1) is 16.7. The van der Waals surface area contributed by atoms with E-state index in [0.717, 1.165) is 25.9 Å². The number of hydrogen-bond donors (Lipinski definition) is 0. The van der Waals surface area contributed by atoms with Crippen molar-refractivity contribution >= 4 is 5.97 Å². The van der Waals surface area contributed by atoms with Gasteiger partial charge >= 0.3 is 5.97 Å². The lowest BCUT2D eigenvalue weighted by Gasteiger charge is -2.16. The van der Waals surface area contributed by atoms with Crippen LogP contribution >= 0.6 is 0 Å². The van der Waals surface area contributed by atoms with Crippen molar-refractivity contribution in [1.29, 1.82) is 0 Å². The van der Waals surface area contributed by atoms with E-state index in [0.29, 0.717) is 26.2 Å². The van der Waals surface area contributed by atoms with Crippen molar-refractivity contribution in [2.75, 3.05) is 33.4 Å². The Balaban J connectivity index is 1.80. The van der Waals surface area contributed by atoms with Gasteiger partial charge in [-0.25, -0.2) is 0 Å². The van der Waals surface area contributed by atoms with Gasteiger partial charge < -0.3 is 9.47 Å². The van der Waals surface area contributed by atoms with Crippen LogP contribution in [0.2, 0.25) is 0 Å². The Morgan fingerprint density at radius 3 is 2.09 bits per heavy atom. The number of carbonyl (C=O) groups excluding carboxylic acids is 1. The van der Waals surface area contributed by atoms with Gasteiger partial charge in [-0.1, -0.05) is 101 Å². The molecule has 0 bridgehead atoms. The molecule has 4 heteroatoms. The summed E-state index contributed by atoms with van der Waals surface area (Å²) in [5, 5.41) is 0. The van der Waals surface area contributed by atoms with E-state index in [1.165, 1.54) is 76.2 Å². The van der Waals surface area contributed by atoms with Crippen LogP contribution in [0.15, 0.2) is 42.5 Å². The highest BCUT2D eigenvalue weighted by Crippen LogP contribution is 2.10. The molecular formula is C30H51NO3. The summed E-state index contributed by atoms with van der Waals surface area (Å²) in [7, 11) is 2.09. The van der Waals surface area contributed by atoms with Gasteiger partial charge in [-0.2, -0.15) is 0 Å². The molecule has 0 aliphatic rings. The number of ether oxygens (including phenoxy) is 2. The van der Waals surface area contributed by atoms with Gasteiger partial charge in [0.05, 0.1) is 13.2 Å². The predicted octanol–water partition coefficient (Wildman–Crippen LogP) is 7.72. The molecule has 0 aromatic heterocycles. The standard InChI is InChI=1S/C30H51NO3/c1-3-4-5-6-7-8-9-10-11-12-13-14-15-16-20-23-30(32)34-27-26-33-25-24-31(2)28-29-21-18-17-19-22-29/h10-11,17-19,21-22H,3-9,12-16,20,23-28H2,1-2H3/b11-10-. The second-order valence-electron chi connectivity index (χ2n) is 9.39. The number of nitrogens with zero attached hydrogens (tertiary/aromatic N) is 1. The Hall–Kier alpha value is -1.65. The molecule has 0 spiro atoms. The smallest absolute Gasteiger partial charge is 0.305 e. The Morgan fingerprint density at radius 1 is 0.794 bits per heavy atom. The Kier molecular flexibility index (Phi) is 20.6. The Labute approximate surface area is 210 Å². The van der Waals surface area contributed by atoms with Crippen LogP contribution < -0.4 is 0 Å². The first-order valence-corrected chi connectivity index (χ1v) is 13.8. The minimum Gasteiger partial charge on any atom is -0.463 e. The van der Waals surface area contributed by atoms with Crippen molar-refractivity contribution in [3.05, 3.63) is 48.0 Å². The molecule has 1 rings (SSSR count). The average Bonchev–Trinajstić information content (AvgIpc) is 2.84. The largest absolute Gasteiger partial charge is 0.463 e. The number of unbranched alkanes of at least 4 members (excludes halogenated alkanes) is 11. The second-order valence-corrected chi connectivity index (χ2v) is 9.39. The molecule has 0 radical (unpaired) electrons. The number of hydrogen-bond acceptors (Lipinski definition) is 4. The minimum absolute atomic E-state index is 0.0950. The zero-order valence-electron chi connectivity index (χ0n) is 22.1. The summed E-state index contributed by atoms with van der Waals surface area (Å²) in [5.41, 5.74) is 1.30. The first-order valence-electron chi connectivity index (χ1n) is 13.8. The van der Waals surface area contributed by atoms with Crippen molar-refractivity contribution < 1.29 is 14.3 Å². The fourth-order valence-corrected chi connectivity index (χ4v) is 3.92. The van der Waals surface area contributed by atoms with Gasteiger partial charge in [-0.3, -0.25) is 9.69 Å². The molecule has 0 heterocycles. The van der Waals surface area contributed by atoms with Crippen molar-refractivity contribution in [2.45, 2.75) is 103 Å². The first kappa shape index (κ1) is 30.4. The molecule has 0 aliphatic heterocycles. The van der Waals surface area contributed by atoms with Crippen LogP contribution in [0.3, 0.4) is 0 Å². The van der Waals surface area contributed by atoms with Gasteiger partial charge in [0.1, 0.15) is 6.61 Å². The molecule has 0 aliphatic carbocycles. The quantitative estimate of drug-likeness (QED) is 0.0926. The molecule has 1 aromatic rings. The molecular weight excluding hydrogens is 422 g/mol. The molecule has 34 heavy (non-hydrogen) atoms. The van der Waals surface area contributed by atoms with Crippen LogP contribution in [0.1, 0.15) is 102 Å². The SMILES string of the molecule is CCCCCCCC/C=C\CCCCCCCC(=O)OCCOCCN(C)Cc1ccccc1. The Bertz CT molecular complexity index is 602. The zero-order valence-corrected chi connectivity index (χ0v) is 22.1. The maximum atomic E-state index is 11.8. The summed E-state index contributed by atoms with van der Waals surface area (Å²) < 4.78 is 10.9. The van der Waals surface area contributed by atoms with E-state index < -0.39 is 0 Å². The number of benzene rings is 1. The van der Waals surface area contributed by atoms with Crippen LogP contribution in [-0.2, 0) is 20.8 Å². The number of likely N-dealkylation sites (N-methyl/N-ethyl adjacent to an activating group) is 1. The molecule has 0 saturated heterocycles. The van der Waals surface area contributed by atoms with E-state index in [4.69, 9.17) is 9.47 Å². The normalized spacial score (nSPS) is 11.5. The molecule has 0 N–H and O–H groups in total. The number of rotatable bonds is 23. The van der Waals surface area contributed by atoms with Crippen LogP contribution in [0, 0.1) is 0 Å². The highest BCUT2D eigenvalue weighted by molar-refractivity contribution is 5.69. The van der Waals surface area contributed by atoms with Crippen LogP contribution in [0.25, 0.3) is 0 Å². The fourth-order valence-electron chi connectivity index (χ4n) is 3.92. The van der Waals surface area contributed by atoms with Crippen LogP contribution in [0.5, 0.6) is 0 Å². The number of allylic oxidation sites excluding steroid dienone is 2. The topological polar surface area (TPSA) is 38.8 Å². The van der Waals surface area contributed by atoms with Crippen LogP contribution in [-0.4, -0.2) is 44.3 Å². The lowest BCUT2D eigenvalue weighted by Crippen LogP contribution is -2.23. The monoisotopic (exact) mass is 473 g/mol. The predicted molar refractivity (Wildman–Crippen MR) is 144 cm³/mol. The van der Waals surface area contributed by atoms with Gasteiger partial charge in [0.25, 0.3) is 0 Å². The molecule has 0 amide bonds. The van der Waals surface area contributed by atoms with Crippen molar-refractivity contribution in [1.82, 2.24) is 4.90 Å². The highest BCUT2D eigenvalue weighted by atomic mass is 16.6. The van der Waals surface area contributed by atoms with E-state index >= 15 is 0 Å². The average molecular weight is 474 g/mol. The number of carbonyl (C=O) groups is 1. The molecule has 1 aromatic carbocycles. The molecule has 0 fully saturated rings. The molecule has 0 saturated carbocycles. The van der Waals surface area contributed by atoms with Crippen molar-refractivity contribution in [2.24, 2.45) is 0 Å². The summed E-state index contributed by atoms with van der Waals surface area (Å²) in [4.78, 5) is 14.1. The summed E-state index contributed by atoms with van der Waals surface area (Å²) >= 11 is 0. The van der Waals surface area contributed by atoms with Gasteiger partial charge in [0.15, 0.2) is 0 Å². The molecule has 0 unspecified atom stereocenters. The lowest BCUT2D eigenvalue weighted by atomic mass is 10.1. The maximum Gasteiger partial charge on any atom is 0.305 e. The fraction of sp³-hybridized carbons (Fsp3) is 0.700. The third-order valence-electron chi connectivity index (χ3n) is 6.05. The summed E-state index contributed by atoms with van der Waals surface area (Å²) in [5.74, 6) is -0.0950. The third-order valence-corrected chi connectivity index (χ3v) is 6.05. The lowest BCUT2D eigenvalue weighted by molar-refractivity contribution is -0.145. The highest BCUT2D eigenvalue weighted by Gasteiger charge is 2.03. The molecule has 4 nitrogen and oxygen atoms in total. The summed E-state index contributed by atoms with van der Waals surface area (Å²) in [6.07, 6.45) is 21.7. The van der Waals surface area contributed by atoms with E-state index in [9.17, 15) is 4.79 Å². The minimum atomic E-state index is -0.0950. The third kappa shape index (κ3) is 19.8. The summed E-state index contributed by atoms with van der Waals surface area (Å²) in [6, 6.07) is 10.4. The Morgan fingerprint density at radius 2 is 1.41 bits per heavy atom. The van der Waals surface area contributed by atoms with E-state index in [-0.39, 0.29) is 5.97 Å². The van der Waals surface area contributed by atoms with Crippen molar-refractivity contribution in [3.8, 4) is 0 Å².